The summed E-state index contributed by atoms with van der Waals surface area (Å²) >= 11 is 0. The summed E-state index contributed by atoms with van der Waals surface area (Å²) < 4.78 is 5.21. The van der Waals surface area contributed by atoms with Crippen molar-refractivity contribution in [2.75, 3.05) is 19.0 Å². The van der Waals surface area contributed by atoms with Gasteiger partial charge in [-0.2, -0.15) is 5.26 Å². The second kappa shape index (κ2) is 5.82. The zero-order valence-corrected chi connectivity index (χ0v) is 9.71. The first-order valence-corrected chi connectivity index (χ1v) is 5.13. The van der Waals surface area contributed by atoms with Gasteiger partial charge in [0.15, 0.2) is 0 Å². The van der Waals surface area contributed by atoms with Crippen LogP contribution in [-0.2, 0) is 0 Å². The maximum absolute atomic E-state index is 8.76. The third-order valence-corrected chi connectivity index (χ3v) is 2.20. The number of ether oxygens (including phenoxy) is 1. The Hall–Kier alpha value is -1.95. The van der Waals surface area contributed by atoms with E-state index in [1.807, 2.05) is 13.0 Å². The van der Waals surface area contributed by atoms with Crippen LogP contribution in [0, 0.1) is 11.3 Å². The predicted octanol–water partition coefficient (Wildman–Crippen LogP) is 2.94. The van der Waals surface area contributed by atoms with Crippen molar-refractivity contribution in [3.8, 4) is 11.8 Å². The van der Waals surface area contributed by atoms with E-state index in [1.54, 1.807) is 19.2 Å². The lowest BCUT2D eigenvalue weighted by atomic mass is 10.2. The molecule has 84 valence electrons. The summed E-state index contributed by atoms with van der Waals surface area (Å²) in [5.74, 6) is 0.695. The molecule has 0 aliphatic rings. The van der Waals surface area contributed by atoms with Crippen LogP contribution in [0.1, 0.15) is 18.9 Å². The summed E-state index contributed by atoms with van der Waals surface area (Å²) in [6, 6.07) is 7.43. The van der Waals surface area contributed by atoms with Gasteiger partial charge in [0, 0.05) is 12.6 Å². The number of nitrogens with zero attached hydrogens (tertiary/aromatic N) is 1. The van der Waals surface area contributed by atoms with E-state index in [0.29, 0.717) is 11.3 Å². The maximum atomic E-state index is 8.76. The molecule has 1 rings (SSSR count). The number of methoxy groups -OCH3 is 1. The summed E-state index contributed by atoms with van der Waals surface area (Å²) in [6.45, 7) is 6.66. The topological polar surface area (TPSA) is 45.0 Å². The molecule has 0 bridgehead atoms. The number of rotatable bonds is 5. The Bertz CT molecular complexity index is 418. The molecule has 0 radical (unpaired) electrons. The lowest BCUT2D eigenvalue weighted by molar-refractivity contribution is 0.416. The van der Waals surface area contributed by atoms with Crippen LogP contribution in [0.4, 0.5) is 5.69 Å². The highest BCUT2D eigenvalue weighted by atomic mass is 16.5. The number of anilines is 1. The Kier molecular flexibility index (Phi) is 4.41. The van der Waals surface area contributed by atoms with Gasteiger partial charge in [0.05, 0.1) is 24.4 Å². The van der Waals surface area contributed by atoms with E-state index in [0.717, 1.165) is 24.2 Å². The van der Waals surface area contributed by atoms with Gasteiger partial charge < -0.3 is 10.1 Å². The van der Waals surface area contributed by atoms with Crippen molar-refractivity contribution < 1.29 is 4.74 Å². The second-order valence-corrected chi connectivity index (χ2v) is 3.66. The monoisotopic (exact) mass is 216 g/mol. The van der Waals surface area contributed by atoms with Crippen molar-refractivity contribution in [2.45, 2.75) is 13.3 Å². The molecule has 16 heavy (non-hydrogen) atoms. The lowest BCUT2D eigenvalue weighted by Gasteiger charge is -2.11. The Morgan fingerprint density at radius 2 is 2.31 bits per heavy atom. The molecule has 0 spiro atoms. The first-order valence-electron chi connectivity index (χ1n) is 5.13. The van der Waals surface area contributed by atoms with E-state index in [2.05, 4.69) is 18.0 Å². The number of nitriles is 1. The van der Waals surface area contributed by atoms with Gasteiger partial charge in [0.2, 0.25) is 0 Å². The van der Waals surface area contributed by atoms with Crippen LogP contribution in [0.5, 0.6) is 5.75 Å². The van der Waals surface area contributed by atoms with Crippen LogP contribution in [-0.4, -0.2) is 13.7 Å². The van der Waals surface area contributed by atoms with E-state index >= 15 is 0 Å². The van der Waals surface area contributed by atoms with E-state index in [4.69, 9.17) is 10.00 Å². The van der Waals surface area contributed by atoms with Crippen LogP contribution in [0.3, 0.4) is 0 Å². The number of hydrogen-bond acceptors (Lipinski definition) is 3. The molecular formula is C13H16N2O. The minimum Gasteiger partial charge on any atom is -0.495 e. The van der Waals surface area contributed by atoms with Gasteiger partial charge in [0.1, 0.15) is 5.75 Å². The quantitative estimate of drug-likeness (QED) is 0.770. The van der Waals surface area contributed by atoms with Gasteiger partial charge in [0.25, 0.3) is 0 Å². The van der Waals surface area contributed by atoms with Gasteiger partial charge in [-0.05, 0) is 25.5 Å². The summed E-state index contributed by atoms with van der Waals surface area (Å²) in [5, 5.41) is 12.0. The highest BCUT2D eigenvalue weighted by Crippen LogP contribution is 2.25. The van der Waals surface area contributed by atoms with Crippen LogP contribution < -0.4 is 10.1 Å². The van der Waals surface area contributed by atoms with Crippen molar-refractivity contribution in [1.29, 1.82) is 5.26 Å². The Labute approximate surface area is 96.4 Å². The van der Waals surface area contributed by atoms with E-state index in [-0.39, 0.29) is 0 Å². The first-order chi connectivity index (χ1) is 7.67. The van der Waals surface area contributed by atoms with E-state index in [9.17, 15) is 0 Å². The normalized spacial score (nSPS) is 9.31. The Morgan fingerprint density at radius 3 is 2.88 bits per heavy atom. The van der Waals surface area contributed by atoms with Gasteiger partial charge in [-0.25, -0.2) is 0 Å². The zero-order chi connectivity index (χ0) is 12.0. The highest BCUT2D eigenvalue weighted by molar-refractivity contribution is 5.59. The summed E-state index contributed by atoms with van der Waals surface area (Å²) in [7, 11) is 1.60. The largest absolute Gasteiger partial charge is 0.495 e. The third-order valence-electron chi connectivity index (χ3n) is 2.20. The Balaban J connectivity index is 2.72. The van der Waals surface area contributed by atoms with E-state index in [1.165, 1.54) is 0 Å². The molecule has 0 unspecified atom stereocenters. The van der Waals surface area contributed by atoms with Gasteiger partial charge >= 0.3 is 0 Å². The number of hydrogen-bond donors (Lipinski definition) is 1. The van der Waals surface area contributed by atoms with Crippen LogP contribution >= 0.6 is 0 Å². The Morgan fingerprint density at radius 1 is 1.56 bits per heavy atom. The van der Waals surface area contributed by atoms with Crippen molar-refractivity contribution in [2.24, 2.45) is 0 Å². The standard InChI is InChI=1S/C13H16N2O/c1-10(2)6-7-15-12-5-4-11(9-14)8-13(12)16-3/h4-5,8,15H,1,6-7H2,2-3H3. The van der Waals surface area contributed by atoms with Crippen molar-refractivity contribution >= 4 is 5.69 Å². The second-order valence-electron chi connectivity index (χ2n) is 3.66. The number of nitrogens with one attached hydrogen (secondary N) is 1. The van der Waals surface area contributed by atoms with Crippen LogP contribution in [0.25, 0.3) is 0 Å². The molecule has 3 nitrogen and oxygen atoms in total. The SMILES string of the molecule is C=C(C)CCNc1ccc(C#N)cc1OC. The fourth-order valence-corrected chi connectivity index (χ4v) is 1.32. The average molecular weight is 216 g/mol. The molecular weight excluding hydrogens is 200 g/mol. The maximum Gasteiger partial charge on any atom is 0.143 e. The molecule has 0 aromatic heterocycles. The first kappa shape index (κ1) is 12.1. The molecule has 0 saturated heterocycles. The molecule has 1 aromatic rings. The van der Waals surface area contributed by atoms with Crippen molar-refractivity contribution in [3.63, 3.8) is 0 Å². The zero-order valence-electron chi connectivity index (χ0n) is 9.71. The highest BCUT2D eigenvalue weighted by Gasteiger charge is 2.03. The van der Waals surface area contributed by atoms with Crippen molar-refractivity contribution in [3.05, 3.63) is 35.9 Å². The van der Waals surface area contributed by atoms with E-state index < -0.39 is 0 Å². The summed E-state index contributed by atoms with van der Waals surface area (Å²) in [4.78, 5) is 0. The van der Waals surface area contributed by atoms with Crippen LogP contribution in [0.15, 0.2) is 30.4 Å². The lowest BCUT2D eigenvalue weighted by Crippen LogP contribution is -2.03. The van der Waals surface area contributed by atoms with Gasteiger partial charge in [-0.15, -0.1) is 6.58 Å². The minimum atomic E-state index is 0.599. The minimum absolute atomic E-state index is 0.599. The molecule has 0 aliphatic carbocycles. The molecule has 0 heterocycles. The molecule has 3 heteroatoms. The molecule has 1 N–H and O–H groups in total. The fourth-order valence-electron chi connectivity index (χ4n) is 1.32. The summed E-state index contributed by atoms with van der Waals surface area (Å²) in [5.41, 5.74) is 2.64. The van der Waals surface area contributed by atoms with Crippen LogP contribution in [0.2, 0.25) is 0 Å². The van der Waals surface area contributed by atoms with Crippen molar-refractivity contribution in [1.82, 2.24) is 0 Å². The molecule has 0 fully saturated rings. The average Bonchev–Trinajstić information content (AvgIpc) is 2.29. The van der Waals surface area contributed by atoms with Gasteiger partial charge in [-0.1, -0.05) is 5.57 Å². The van der Waals surface area contributed by atoms with Gasteiger partial charge in [-0.3, -0.25) is 0 Å². The smallest absolute Gasteiger partial charge is 0.143 e. The molecule has 0 amide bonds. The molecule has 0 aliphatic heterocycles. The number of benzene rings is 1. The molecule has 0 saturated carbocycles. The molecule has 0 atom stereocenters. The molecule has 1 aromatic carbocycles. The summed E-state index contributed by atoms with van der Waals surface area (Å²) in [6.07, 6.45) is 0.920. The third kappa shape index (κ3) is 3.32. The fraction of sp³-hybridized carbons (Fsp3) is 0.308. The predicted molar refractivity (Wildman–Crippen MR) is 65.6 cm³/mol.